The number of hydrogen-bond donors (Lipinski definition) is 3. The molecule has 112 valence electrons. The number of H-pyrrole nitrogens is 1. The molecule has 0 radical (unpaired) electrons. The predicted molar refractivity (Wildman–Crippen MR) is 85.7 cm³/mol. The second-order valence-electron chi connectivity index (χ2n) is 5.60. The Labute approximate surface area is 129 Å². The van der Waals surface area contributed by atoms with E-state index in [9.17, 15) is 4.79 Å². The lowest BCUT2D eigenvalue weighted by Gasteiger charge is -2.10. The van der Waals surface area contributed by atoms with Crippen LogP contribution in [0.3, 0.4) is 0 Å². The van der Waals surface area contributed by atoms with Crippen molar-refractivity contribution in [1.82, 2.24) is 15.6 Å². The van der Waals surface area contributed by atoms with Crippen molar-refractivity contribution in [2.45, 2.75) is 31.7 Å². The molecule has 1 amide bonds. The lowest BCUT2D eigenvalue weighted by Crippen LogP contribution is -2.32. The summed E-state index contributed by atoms with van der Waals surface area (Å²) in [5.41, 5.74) is 2.27. The van der Waals surface area contributed by atoms with Crippen LogP contribution in [0.25, 0.3) is 10.9 Å². The van der Waals surface area contributed by atoms with Crippen molar-refractivity contribution >= 4 is 28.4 Å². The van der Waals surface area contributed by atoms with E-state index in [0.29, 0.717) is 19.0 Å². The van der Waals surface area contributed by atoms with Crippen molar-refractivity contribution < 1.29 is 4.79 Å². The lowest BCUT2D eigenvalue weighted by molar-refractivity contribution is -0.121. The highest BCUT2D eigenvalue weighted by Crippen LogP contribution is 2.22. The van der Waals surface area contributed by atoms with E-state index in [0.717, 1.165) is 35.3 Å². The molecule has 1 atom stereocenters. The van der Waals surface area contributed by atoms with Crippen LogP contribution < -0.4 is 10.6 Å². The molecule has 3 rings (SSSR count). The minimum absolute atomic E-state index is 0.132. The summed E-state index contributed by atoms with van der Waals surface area (Å²) in [4.78, 5) is 15.1. The highest BCUT2D eigenvalue weighted by atomic mass is 35.5. The van der Waals surface area contributed by atoms with Gasteiger partial charge in [0.15, 0.2) is 0 Å². The fraction of sp³-hybridized carbons (Fsp3) is 0.438. The third kappa shape index (κ3) is 3.57. The molecule has 4 nitrogen and oxygen atoms in total. The van der Waals surface area contributed by atoms with E-state index < -0.39 is 0 Å². The number of rotatable bonds is 5. The minimum Gasteiger partial charge on any atom is -0.361 e. The molecule has 2 aromatic rings. The number of carbonyl (C=O) groups excluding carboxylic acids is 1. The molecular weight excluding hydrogens is 286 g/mol. The zero-order chi connectivity index (χ0) is 14.7. The molecule has 21 heavy (non-hydrogen) atoms. The largest absolute Gasteiger partial charge is 0.361 e. The van der Waals surface area contributed by atoms with Crippen LogP contribution in [-0.2, 0) is 11.2 Å². The van der Waals surface area contributed by atoms with Gasteiger partial charge in [-0.3, -0.25) is 4.79 Å². The summed E-state index contributed by atoms with van der Waals surface area (Å²) in [5.74, 6) is 0.132. The predicted octanol–water partition coefficient (Wildman–Crippen LogP) is 2.62. The van der Waals surface area contributed by atoms with Gasteiger partial charge in [0.05, 0.1) is 0 Å². The molecule has 0 bridgehead atoms. The van der Waals surface area contributed by atoms with E-state index >= 15 is 0 Å². The molecule has 1 aromatic carbocycles. The highest BCUT2D eigenvalue weighted by Gasteiger charge is 2.17. The van der Waals surface area contributed by atoms with Gasteiger partial charge in [-0.15, -0.1) is 0 Å². The van der Waals surface area contributed by atoms with Crippen LogP contribution >= 0.6 is 11.6 Å². The van der Waals surface area contributed by atoms with Crippen LogP contribution in [0, 0.1) is 0 Å². The van der Waals surface area contributed by atoms with Crippen molar-refractivity contribution in [2.24, 2.45) is 0 Å². The Morgan fingerprint density at radius 3 is 3.14 bits per heavy atom. The van der Waals surface area contributed by atoms with Gasteiger partial charge in [-0.2, -0.15) is 0 Å². The number of benzene rings is 1. The van der Waals surface area contributed by atoms with Crippen LogP contribution in [0.5, 0.6) is 0 Å². The number of amides is 1. The Hall–Kier alpha value is -1.52. The monoisotopic (exact) mass is 305 g/mol. The molecule has 0 aliphatic carbocycles. The van der Waals surface area contributed by atoms with Crippen LogP contribution in [-0.4, -0.2) is 30.0 Å². The number of nitrogens with one attached hydrogen (secondary N) is 3. The molecule has 1 aliphatic rings. The summed E-state index contributed by atoms with van der Waals surface area (Å²) in [7, 11) is 0. The summed E-state index contributed by atoms with van der Waals surface area (Å²) in [5, 5.41) is 8.21. The van der Waals surface area contributed by atoms with E-state index in [2.05, 4.69) is 15.6 Å². The standard InChI is InChI=1S/C16H20ClN3O/c17-12-3-4-15-14(8-12)11(10-20-15)5-7-19-16(21)9-13-2-1-6-18-13/h3-4,8,10,13,18,20H,1-2,5-7,9H2,(H,19,21). The van der Waals surface area contributed by atoms with Gasteiger partial charge in [0.25, 0.3) is 0 Å². The maximum absolute atomic E-state index is 11.9. The topological polar surface area (TPSA) is 56.9 Å². The molecule has 3 N–H and O–H groups in total. The first kappa shape index (κ1) is 14.4. The molecule has 1 unspecified atom stereocenters. The molecule has 5 heteroatoms. The van der Waals surface area contributed by atoms with Crippen molar-refractivity contribution in [2.75, 3.05) is 13.1 Å². The Kier molecular flexibility index (Phi) is 4.46. The number of aromatic amines is 1. The minimum atomic E-state index is 0.132. The van der Waals surface area contributed by atoms with Crippen molar-refractivity contribution in [3.05, 3.63) is 35.0 Å². The number of fused-ring (bicyclic) bond motifs is 1. The lowest BCUT2D eigenvalue weighted by atomic mass is 10.1. The van der Waals surface area contributed by atoms with Crippen LogP contribution in [0.15, 0.2) is 24.4 Å². The highest BCUT2D eigenvalue weighted by molar-refractivity contribution is 6.31. The Morgan fingerprint density at radius 2 is 2.33 bits per heavy atom. The second-order valence-corrected chi connectivity index (χ2v) is 6.04. The van der Waals surface area contributed by atoms with Crippen molar-refractivity contribution in [3.8, 4) is 0 Å². The maximum atomic E-state index is 11.9. The summed E-state index contributed by atoms with van der Waals surface area (Å²) in [6.07, 6.45) is 5.66. The fourth-order valence-electron chi connectivity index (χ4n) is 2.92. The molecule has 2 heterocycles. The zero-order valence-corrected chi connectivity index (χ0v) is 12.7. The molecule has 0 saturated carbocycles. The zero-order valence-electron chi connectivity index (χ0n) is 11.9. The smallest absolute Gasteiger partial charge is 0.221 e. The first-order chi connectivity index (χ1) is 10.2. The Morgan fingerprint density at radius 1 is 1.43 bits per heavy atom. The summed E-state index contributed by atoms with van der Waals surface area (Å²) in [6, 6.07) is 6.18. The molecule has 1 fully saturated rings. The van der Waals surface area contributed by atoms with E-state index in [-0.39, 0.29) is 5.91 Å². The third-order valence-corrected chi connectivity index (χ3v) is 4.28. The van der Waals surface area contributed by atoms with Crippen LogP contribution in [0.1, 0.15) is 24.8 Å². The van der Waals surface area contributed by atoms with Gasteiger partial charge in [0.1, 0.15) is 0 Å². The quantitative estimate of drug-likeness (QED) is 0.795. The van der Waals surface area contributed by atoms with E-state index in [1.54, 1.807) is 0 Å². The molecule has 1 aromatic heterocycles. The number of hydrogen-bond acceptors (Lipinski definition) is 2. The van der Waals surface area contributed by atoms with Crippen molar-refractivity contribution in [1.29, 1.82) is 0 Å². The van der Waals surface area contributed by atoms with Gasteiger partial charge in [-0.05, 0) is 49.6 Å². The number of aromatic nitrogens is 1. The Bertz CT molecular complexity index is 631. The van der Waals surface area contributed by atoms with Gasteiger partial charge in [-0.25, -0.2) is 0 Å². The second kappa shape index (κ2) is 6.50. The summed E-state index contributed by atoms with van der Waals surface area (Å²) >= 11 is 6.04. The average Bonchev–Trinajstić information content (AvgIpc) is 3.09. The summed E-state index contributed by atoms with van der Waals surface area (Å²) in [6.45, 7) is 1.69. The van der Waals surface area contributed by atoms with Gasteiger partial charge in [-0.1, -0.05) is 11.6 Å². The molecule has 0 spiro atoms. The fourth-order valence-corrected chi connectivity index (χ4v) is 3.09. The molecular formula is C16H20ClN3O. The number of halogens is 1. The normalized spacial score (nSPS) is 18.2. The van der Waals surface area contributed by atoms with Crippen LogP contribution in [0.4, 0.5) is 0 Å². The van der Waals surface area contributed by atoms with Crippen LogP contribution in [0.2, 0.25) is 5.02 Å². The average molecular weight is 306 g/mol. The first-order valence-corrected chi connectivity index (χ1v) is 7.86. The number of carbonyl (C=O) groups is 1. The van der Waals surface area contributed by atoms with E-state index in [4.69, 9.17) is 11.6 Å². The van der Waals surface area contributed by atoms with Crippen molar-refractivity contribution in [3.63, 3.8) is 0 Å². The first-order valence-electron chi connectivity index (χ1n) is 7.48. The SMILES string of the molecule is O=C(CC1CCCN1)NCCc1c[nH]c2ccc(Cl)cc12. The maximum Gasteiger partial charge on any atom is 0.221 e. The molecule has 1 saturated heterocycles. The van der Waals surface area contributed by atoms with E-state index in [1.165, 1.54) is 12.0 Å². The summed E-state index contributed by atoms with van der Waals surface area (Å²) < 4.78 is 0. The van der Waals surface area contributed by atoms with Gasteiger partial charge < -0.3 is 15.6 Å². The van der Waals surface area contributed by atoms with Gasteiger partial charge >= 0.3 is 0 Å². The third-order valence-electron chi connectivity index (χ3n) is 4.04. The molecule has 1 aliphatic heterocycles. The van der Waals surface area contributed by atoms with Gasteiger partial charge in [0, 0.05) is 41.1 Å². The Balaban J connectivity index is 1.52. The van der Waals surface area contributed by atoms with E-state index in [1.807, 2.05) is 24.4 Å². The van der Waals surface area contributed by atoms with Gasteiger partial charge in [0.2, 0.25) is 5.91 Å².